The number of hydrogen-bond acceptors (Lipinski definition) is 4. The fourth-order valence-corrected chi connectivity index (χ4v) is 2.95. The van der Waals surface area contributed by atoms with Crippen LogP contribution in [0.15, 0.2) is 48.5 Å². The van der Waals surface area contributed by atoms with Gasteiger partial charge in [-0.2, -0.15) is 0 Å². The number of nitrogens with one attached hydrogen (secondary N) is 2. The maximum Gasteiger partial charge on any atom is 0.338 e. The van der Waals surface area contributed by atoms with Gasteiger partial charge in [0.05, 0.1) is 29.5 Å². The zero-order valence-corrected chi connectivity index (χ0v) is 14.9. The lowest BCUT2D eigenvalue weighted by Crippen LogP contribution is -2.08. The van der Waals surface area contributed by atoms with Gasteiger partial charge in [-0.1, -0.05) is 19.1 Å². The first kappa shape index (κ1) is 18.4. The summed E-state index contributed by atoms with van der Waals surface area (Å²) in [6, 6.07) is 14.2. The van der Waals surface area contributed by atoms with Crippen LogP contribution in [0.2, 0.25) is 0 Å². The van der Waals surface area contributed by atoms with Crippen molar-refractivity contribution >= 4 is 18.5 Å². The summed E-state index contributed by atoms with van der Waals surface area (Å²) < 4.78 is 5.15. The summed E-state index contributed by atoms with van der Waals surface area (Å²) in [4.78, 5) is 40.2. The molecule has 3 aromatic rings. The molecule has 2 aromatic heterocycles. The van der Waals surface area contributed by atoms with Gasteiger partial charge in [-0.05, 0) is 48.4 Å². The minimum atomic E-state index is -0.355. The number of benzene rings is 1. The summed E-state index contributed by atoms with van der Waals surface area (Å²) in [6.45, 7) is 2.33. The molecule has 6 nitrogen and oxygen atoms in total. The number of esters is 1. The van der Waals surface area contributed by atoms with Crippen molar-refractivity contribution in [2.45, 2.75) is 19.3 Å². The number of H-pyrrole nitrogens is 2. The summed E-state index contributed by atoms with van der Waals surface area (Å²) >= 11 is 0. The maximum atomic E-state index is 12.0. The maximum absolute atomic E-state index is 12.0. The Morgan fingerprint density at radius 2 is 1.48 bits per heavy atom. The average molecular weight is 364 g/mol. The highest BCUT2D eigenvalue weighted by atomic mass is 16.5. The molecule has 0 bridgehead atoms. The van der Waals surface area contributed by atoms with Crippen LogP contribution in [0.25, 0.3) is 0 Å². The monoisotopic (exact) mass is 364 g/mol. The Bertz CT molecular complexity index is 891. The molecule has 0 aliphatic carbocycles. The lowest BCUT2D eigenvalue weighted by Gasteiger charge is -2.16. The van der Waals surface area contributed by atoms with Gasteiger partial charge in [0.1, 0.15) is 0 Å². The molecule has 0 unspecified atom stereocenters. The van der Waals surface area contributed by atoms with Gasteiger partial charge >= 0.3 is 5.97 Å². The Hall–Kier alpha value is -3.41. The van der Waals surface area contributed by atoms with Gasteiger partial charge in [0, 0.05) is 11.4 Å². The number of carbonyl (C=O) groups is 3. The molecule has 1 aromatic carbocycles. The van der Waals surface area contributed by atoms with E-state index in [-0.39, 0.29) is 11.9 Å². The molecule has 2 heterocycles. The minimum absolute atomic E-state index is 0.242. The van der Waals surface area contributed by atoms with Crippen molar-refractivity contribution in [2.24, 2.45) is 0 Å². The zero-order chi connectivity index (χ0) is 19.2. The molecule has 138 valence electrons. The van der Waals surface area contributed by atoms with E-state index in [1.165, 1.54) is 0 Å². The fourth-order valence-electron chi connectivity index (χ4n) is 2.95. The SMILES string of the molecule is CCCOC(=O)c1ccc(C(c2ccc(C=O)[nH]2)c2ccc(C=O)[nH]2)cc1. The van der Waals surface area contributed by atoms with Crippen LogP contribution in [0.5, 0.6) is 0 Å². The third-order valence-electron chi connectivity index (χ3n) is 4.26. The van der Waals surface area contributed by atoms with Crippen LogP contribution in [0.3, 0.4) is 0 Å². The van der Waals surface area contributed by atoms with Gasteiger partial charge in [-0.25, -0.2) is 4.79 Å². The largest absolute Gasteiger partial charge is 0.462 e. The van der Waals surface area contributed by atoms with Crippen LogP contribution < -0.4 is 0 Å². The molecule has 6 heteroatoms. The summed E-state index contributed by atoms with van der Waals surface area (Å²) in [6.07, 6.45) is 2.27. The van der Waals surface area contributed by atoms with E-state index in [4.69, 9.17) is 4.74 Å². The molecule has 0 aliphatic rings. The van der Waals surface area contributed by atoms with Crippen LogP contribution >= 0.6 is 0 Å². The highest BCUT2D eigenvalue weighted by Crippen LogP contribution is 2.31. The molecule has 0 amide bonds. The van der Waals surface area contributed by atoms with E-state index in [2.05, 4.69) is 9.97 Å². The topological polar surface area (TPSA) is 92.0 Å². The Morgan fingerprint density at radius 3 is 1.93 bits per heavy atom. The summed E-state index contributed by atoms with van der Waals surface area (Å²) in [5.74, 6) is -0.598. The van der Waals surface area contributed by atoms with Crippen molar-refractivity contribution in [1.82, 2.24) is 9.97 Å². The molecule has 0 fully saturated rings. The standard InChI is InChI=1S/C21H20N2O4/c1-2-11-27-21(26)15-5-3-14(4-6-15)20(18-9-7-16(12-24)22-18)19-10-8-17(13-25)23-19/h3-10,12-13,20,22-23H,2,11H2,1H3. The minimum Gasteiger partial charge on any atom is -0.462 e. The lowest BCUT2D eigenvalue weighted by molar-refractivity contribution is 0.0505. The number of rotatable bonds is 8. The zero-order valence-electron chi connectivity index (χ0n) is 14.9. The van der Waals surface area contributed by atoms with Crippen LogP contribution in [0, 0.1) is 0 Å². The predicted molar refractivity (Wildman–Crippen MR) is 100 cm³/mol. The highest BCUT2D eigenvalue weighted by Gasteiger charge is 2.21. The van der Waals surface area contributed by atoms with Crippen LogP contribution in [-0.2, 0) is 4.74 Å². The van der Waals surface area contributed by atoms with Crippen LogP contribution in [-0.4, -0.2) is 35.1 Å². The molecule has 2 N–H and O–H groups in total. The number of aldehydes is 2. The Morgan fingerprint density at radius 1 is 0.926 bits per heavy atom. The van der Waals surface area contributed by atoms with Gasteiger partial charge in [0.25, 0.3) is 0 Å². The smallest absolute Gasteiger partial charge is 0.338 e. The van der Waals surface area contributed by atoms with Gasteiger partial charge in [-0.15, -0.1) is 0 Å². The second kappa shape index (κ2) is 8.31. The summed E-state index contributed by atoms with van der Waals surface area (Å²) in [7, 11) is 0. The second-order valence-electron chi connectivity index (χ2n) is 6.16. The Kier molecular flexibility index (Phi) is 5.66. The number of carbonyl (C=O) groups excluding carboxylic acids is 3. The lowest BCUT2D eigenvalue weighted by atomic mass is 9.92. The van der Waals surface area contributed by atoms with Crippen LogP contribution in [0.4, 0.5) is 0 Å². The molecule has 0 saturated carbocycles. The highest BCUT2D eigenvalue weighted by molar-refractivity contribution is 5.89. The van der Waals surface area contributed by atoms with Crippen molar-refractivity contribution in [2.75, 3.05) is 6.61 Å². The molecular weight excluding hydrogens is 344 g/mol. The molecule has 27 heavy (non-hydrogen) atoms. The van der Waals surface area contributed by atoms with E-state index in [0.29, 0.717) is 23.6 Å². The van der Waals surface area contributed by atoms with E-state index in [0.717, 1.165) is 35.9 Å². The fraction of sp³-hybridized carbons (Fsp3) is 0.190. The van der Waals surface area contributed by atoms with Gasteiger partial charge in [-0.3, -0.25) is 9.59 Å². The number of ether oxygens (including phenoxy) is 1. The molecular formula is C21H20N2O4. The second-order valence-corrected chi connectivity index (χ2v) is 6.16. The Labute approximate surface area is 156 Å². The van der Waals surface area contributed by atoms with Gasteiger partial charge in [0.2, 0.25) is 0 Å². The van der Waals surface area contributed by atoms with E-state index in [1.807, 2.05) is 31.2 Å². The van der Waals surface area contributed by atoms with Crippen molar-refractivity contribution in [3.8, 4) is 0 Å². The molecule has 0 spiro atoms. The number of aromatic amines is 2. The third-order valence-corrected chi connectivity index (χ3v) is 4.26. The van der Waals surface area contributed by atoms with Gasteiger partial charge < -0.3 is 14.7 Å². The predicted octanol–water partition coefficient (Wildman–Crippen LogP) is 3.71. The molecule has 3 rings (SSSR count). The molecule has 0 atom stereocenters. The van der Waals surface area contributed by atoms with Crippen molar-refractivity contribution in [3.05, 3.63) is 82.4 Å². The Balaban J connectivity index is 1.96. The van der Waals surface area contributed by atoms with Crippen molar-refractivity contribution in [3.63, 3.8) is 0 Å². The normalized spacial score (nSPS) is 10.7. The van der Waals surface area contributed by atoms with Gasteiger partial charge in [0.15, 0.2) is 12.6 Å². The summed E-state index contributed by atoms with van der Waals surface area (Å²) in [5, 5.41) is 0. The molecule has 0 aliphatic heterocycles. The first-order valence-electron chi connectivity index (χ1n) is 8.71. The van der Waals surface area contributed by atoms with E-state index in [1.54, 1.807) is 24.3 Å². The first-order valence-corrected chi connectivity index (χ1v) is 8.71. The van der Waals surface area contributed by atoms with E-state index < -0.39 is 0 Å². The number of aromatic nitrogens is 2. The molecule has 0 radical (unpaired) electrons. The quantitative estimate of drug-likeness (QED) is 0.471. The summed E-state index contributed by atoms with van der Waals surface area (Å²) in [5.41, 5.74) is 3.93. The third kappa shape index (κ3) is 4.06. The van der Waals surface area contributed by atoms with E-state index >= 15 is 0 Å². The van der Waals surface area contributed by atoms with Crippen molar-refractivity contribution < 1.29 is 19.1 Å². The first-order chi connectivity index (χ1) is 13.2. The van der Waals surface area contributed by atoms with E-state index in [9.17, 15) is 14.4 Å². The van der Waals surface area contributed by atoms with Crippen LogP contribution in [0.1, 0.15) is 67.5 Å². The average Bonchev–Trinajstić information content (AvgIpc) is 3.37. The molecule has 0 saturated heterocycles. The number of hydrogen-bond donors (Lipinski definition) is 2. The van der Waals surface area contributed by atoms with Crippen molar-refractivity contribution in [1.29, 1.82) is 0 Å².